The number of fused-ring (bicyclic) bond motifs is 2. The predicted molar refractivity (Wildman–Crippen MR) is 189 cm³/mol. The van der Waals surface area contributed by atoms with Crippen molar-refractivity contribution in [2.45, 2.75) is 78.1 Å². The number of nitrogens with zero attached hydrogens (tertiary/aromatic N) is 2. The van der Waals surface area contributed by atoms with Crippen LogP contribution in [0.3, 0.4) is 0 Å². The average molecular weight is 711 g/mol. The molecule has 0 saturated heterocycles. The van der Waals surface area contributed by atoms with Gasteiger partial charge >= 0.3 is 11.9 Å². The van der Waals surface area contributed by atoms with Crippen molar-refractivity contribution in [1.29, 1.82) is 0 Å². The zero-order valence-electron chi connectivity index (χ0n) is 27.8. The van der Waals surface area contributed by atoms with E-state index in [1.807, 2.05) is 0 Å². The fraction of sp³-hybridized carbons (Fsp3) is 0.368. The molecular formula is C38H34N2O8S2. The number of aryl methyl sites for hydroxylation is 2. The quantitative estimate of drug-likeness (QED) is 0.115. The molecule has 50 heavy (non-hydrogen) atoms. The zero-order chi connectivity index (χ0) is 34.8. The van der Waals surface area contributed by atoms with Gasteiger partial charge in [0.25, 0.3) is 23.6 Å². The molecule has 8 rings (SSSR count). The zero-order valence-corrected chi connectivity index (χ0v) is 29.4. The van der Waals surface area contributed by atoms with Crippen LogP contribution in [-0.4, -0.2) is 48.8 Å². The molecule has 2 aliphatic heterocycles. The second kappa shape index (κ2) is 12.6. The van der Waals surface area contributed by atoms with Gasteiger partial charge in [0.15, 0.2) is 0 Å². The van der Waals surface area contributed by atoms with Gasteiger partial charge in [-0.15, -0.1) is 22.7 Å². The predicted octanol–water partition coefficient (Wildman–Crippen LogP) is 7.46. The van der Waals surface area contributed by atoms with Gasteiger partial charge in [0.1, 0.15) is 10.0 Å². The summed E-state index contributed by atoms with van der Waals surface area (Å²) in [5, 5.41) is 0.949. The maximum Gasteiger partial charge on any atom is 0.341 e. The number of thiophene rings is 2. The van der Waals surface area contributed by atoms with Gasteiger partial charge in [-0.1, -0.05) is 12.8 Å². The van der Waals surface area contributed by atoms with Crippen LogP contribution in [0.15, 0.2) is 24.3 Å². The molecule has 0 unspecified atom stereocenters. The molecule has 4 aromatic rings. The highest BCUT2D eigenvalue weighted by Crippen LogP contribution is 2.47. The fourth-order valence-corrected chi connectivity index (χ4v) is 10.6. The third kappa shape index (κ3) is 4.79. The summed E-state index contributed by atoms with van der Waals surface area (Å²) in [4.78, 5) is 88.2. The molecule has 4 heterocycles. The van der Waals surface area contributed by atoms with E-state index < -0.39 is 35.6 Å². The first kappa shape index (κ1) is 32.5. The van der Waals surface area contributed by atoms with Gasteiger partial charge in [0, 0.05) is 42.8 Å². The van der Waals surface area contributed by atoms with E-state index in [4.69, 9.17) is 9.47 Å². The largest absolute Gasteiger partial charge is 0.462 e. The molecule has 256 valence electrons. The standard InChI is InChI=1S/C38H34N2O8S2/c1-3-47-37(45)29-19-11-7-5-9-13-25(19)49-35(29)39-31(41)21-15-17-23-28-24(18-16-22(27(21)28)32(39)42)34(44)40(33(23)43)36-30(38(46)48-4-2)20-12-8-6-10-14-26(20)50-36/h15-18H,3-14H2,1-2H3. The maximum atomic E-state index is 14.4. The van der Waals surface area contributed by atoms with E-state index in [0.717, 1.165) is 82.0 Å². The van der Waals surface area contributed by atoms with E-state index in [2.05, 4.69) is 0 Å². The summed E-state index contributed by atoms with van der Waals surface area (Å²) < 4.78 is 10.9. The normalized spacial score (nSPS) is 17.0. The first-order valence-corrected chi connectivity index (χ1v) is 18.9. The number of hydrogen-bond donors (Lipinski definition) is 0. The minimum absolute atomic E-state index is 0.146. The van der Waals surface area contributed by atoms with E-state index in [1.54, 1.807) is 13.8 Å². The summed E-state index contributed by atoms with van der Waals surface area (Å²) in [6.07, 6.45) is 8.50. The van der Waals surface area contributed by atoms with E-state index in [-0.39, 0.29) is 67.4 Å². The highest BCUT2D eigenvalue weighted by atomic mass is 32.1. The van der Waals surface area contributed by atoms with Gasteiger partial charge in [-0.25, -0.2) is 19.4 Å². The van der Waals surface area contributed by atoms with Crippen LogP contribution in [0.25, 0.3) is 10.8 Å². The molecule has 12 heteroatoms. The third-order valence-corrected chi connectivity index (χ3v) is 12.6. The number of imide groups is 2. The number of ether oxygens (including phenoxy) is 2. The Morgan fingerprint density at radius 3 is 1.24 bits per heavy atom. The Morgan fingerprint density at radius 2 is 0.900 bits per heavy atom. The first-order valence-electron chi connectivity index (χ1n) is 17.3. The van der Waals surface area contributed by atoms with Gasteiger partial charge in [0.05, 0.1) is 24.3 Å². The van der Waals surface area contributed by atoms with Crippen LogP contribution in [0.5, 0.6) is 0 Å². The molecule has 2 aromatic heterocycles. The van der Waals surface area contributed by atoms with Crippen LogP contribution >= 0.6 is 22.7 Å². The summed E-state index contributed by atoms with van der Waals surface area (Å²) in [5.41, 5.74) is 2.81. The molecule has 0 N–H and O–H groups in total. The average Bonchev–Trinajstić information content (AvgIpc) is 3.42. The molecule has 0 radical (unpaired) electrons. The summed E-state index contributed by atoms with van der Waals surface area (Å²) >= 11 is 2.56. The monoisotopic (exact) mass is 710 g/mol. The lowest BCUT2D eigenvalue weighted by atomic mass is 9.86. The van der Waals surface area contributed by atoms with Crippen LogP contribution in [0, 0.1) is 0 Å². The second-order valence-corrected chi connectivity index (χ2v) is 15.1. The number of esters is 2. The minimum atomic E-state index is -0.637. The summed E-state index contributed by atoms with van der Waals surface area (Å²) in [5.74, 6) is -3.68. The molecule has 0 spiro atoms. The number of rotatable bonds is 6. The maximum absolute atomic E-state index is 14.4. The number of carbonyl (C=O) groups is 6. The van der Waals surface area contributed by atoms with Crippen molar-refractivity contribution in [3.63, 3.8) is 0 Å². The van der Waals surface area contributed by atoms with Crippen molar-refractivity contribution < 1.29 is 38.2 Å². The lowest BCUT2D eigenvalue weighted by Gasteiger charge is -2.31. The van der Waals surface area contributed by atoms with Gasteiger partial charge in [0.2, 0.25) is 0 Å². The number of hydrogen-bond acceptors (Lipinski definition) is 10. The Kier molecular flexibility index (Phi) is 8.18. The molecule has 4 aliphatic rings. The number of carbonyl (C=O) groups excluding carboxylic acids is 6. The Morgan fingerprint density at radius 1 is 0.560 bits per heavy atom. The van der Waals surface area contributed by atoms with Crippen molar-refractivity contribution in [2.75, 3.05) is 23.0 Å². The Labute approximate surface area is 295 Å². The smallest absolute Gasteiger partial charge is 0.341 e. The second-order valence-electron chi connectivity index (χ2n) is 12.9. The highest BCUT2D eigenvalue weighted by molar-refractivity contribution is 7.17. The van der Waals surface area contributed by atoms with Crippen LogP contribution < -0.4 is 9.80 Å². The summed E-state index contributed by atoms with van der Waals surface area (Å²) in [7, 11) is 0. The SMILES string of the molecule is CCOC(=O)c1c(N2C(=O)c3ccc4c5c(ccc(c35)C2=O)C(=O)N(c2sc3c(c2C(=O)OCC)CCCCC3)C4=O)sc2c1CCCCC2. The van der Waals surface area contributed by atoms with Crippen LogP contribution in [0.4, 0.5) is 10.0 Å². The van der Waals surface area contributed by atoms with E-state index >= 15 is 0 Å². The van der Waals surface area contributed by atoms with Crippen LogP contribution in [0.2, 0.25) is 0 Å². The minimum Gasteiger partial charge on any atom is -0.462 e. The molecule has 10 nitrogen and oxygen atoms in total. The van der Waals surface area contributed by atoms with E-state index in [9.17, 15) is 28.8 Å². The highest BCUT2D eigenvalue weighted by Gasteiger charge is 2.44. The number of benzene rings is 2. The lowest BCUT2D eigenvalue weighted by Crippen LogP contribution is -2.43. The van der Waals surface area contributed by atoms with Crippen molar-refractivity contribution in [3.05, 3.63) is 78.5 Å². The third-order valence-electron chi connectivity index (χ3n) is 10.1. The van der Waals surface area contributed by atoms with Gasteiger partial charge in [-0.3, -0.25) is 19.2 Å². The van der Waals surface area contributed by atoms with E-state index in [0.29, 0.717) is 12.8 Å². The fourth-order valence-electron chi connectivity index (χ4n) is 7.84. The van der Waals surface area contributed by atoms with Gasteiger partial charge in [-0.2, -0.15) is 0 Å². The van der Waals surface area contributed by atoms with Crippen molar-refractivity contribution in [2.24, 2.45) is 0 Å². The Bertz CT molecular complexity index is 1970. The molecule has 0 saturated carbocycles. The van der Waals surface area contributed by atoms with E-state index in [1.165, 1.54) is 46.9 Å². The Hall–Kier alpha value is -4.68. The van der Waals surface area contributed by atoms with Crippen LogP contribution in [0.1, 0.15) is 135 Å². The molecular weight excluding hydrogens is 677 g/mol. The number of anilines is 2. The topological polar surface area (TPSA) is 127 Å². The first-order chi connectivity index (χ1) is 24.3. The molecule has 0 atom stereocenters. The summed E-state index contributed by atoms with van der Waals surface area (Å²) in [6, 6.07) is 6.04. The summed E-state index contributed by atoms with van der Waals surface area (Å²) in [6.45, 7) is 3.72. The van der Waals surface area contributed by atoms with Gasteiger partial charge < -0.3 is 9.47 Å². The molecule has 2 aromatic carbocycles. The molecule has 2 aliphatic carbocycles. The molecule has 0 bridgehead atoms. The number of amides is 4. The molecule has 4 amide bonds. The van der Waals surface area contributed by atoms with Crippen molar-refractivity contribution in [3.8, 4) is 0 Å². The van der Waals surface area contributed by atoms with Crippen molar-refractivity contribution in [1.82, 2.24) is 0 Å². The molecule has 0 fully saturated rings. The van der Waals surface area contributed by atoms with Crippen LogP contribution in [-0.2, 0) is 35.2 Å². The Balaban J connectivity index is 1.25. The lowest BCUT2D eigenvalue weighted by molar-refractivity contribution is 0.0516. The van der Waals surface area contributed by atoms with Crippen molar-refractivity contribution >= 4 is 79.0 Å². The van der Waals surface area contributed by atoms with Gasteiger partial charge in [-0.05, 0) is 101 Å².